The van der Waals surface area contributed by atoms with Crippen LogP contribution in [0.3, 0.4) is 0 Å². The lowest BCUT2D eigenvalue weighted by atomic mass is 9.84. The maximum absolute atomic E-state index is 13.2. The van der Waals surface area contributed by atoms with E-state index in [1.165, 1.54) is 0 Å². The monoisotopic (exact) mass is 415 g/mol. The Morgan fingerprint density at radius 2 is 1.57 bits per heavy atom. The molecule has 2 rings (SSSR count). The van der Waals surface area contributed by atoms with Gasteiger partial charge in [-0.2, -0.15) is 0 Å². The standard InChI is InChI=1S/C24H37N3O3/c1-9-16(3)27(17(4)10-2)20(28)15-26-21(29)24(8,25-22(26)30)19-13-11-18(12-14-19)23(5,6)7/h11-14,16-17H,9-10,15H2,1-8H3,(H,25,30)/t16-,17+,24-/m1/s1. The van der Waals surface area contributed by atoms with Gasteiger partial charge < -0.3 is 10.2 Å². The van der Waals surface area contributed by atoms with E-state index in [9.17, 15) is 14.4 Å². The van der Waals surface area contributed by atoms with Gasteiger partial charge >= 0.3 is 6.03 Å². The van der Waals surface area contributed by atoms with Crippen LogP contribution in [0.4, 0.5) is 4.79 Å². The third kappa shape index (κ3) is 4.52. The second kappa shape index (κ2) is 8.78. The highest BCUT2D eigenvalue weighted by Crippen LogP contribution is 2.31. The first kappa shape index (κ1) is 23.9. The van der Waals surface area contributed by atoms with Crippen molar-refractivity contribution in [3.63, 3.8) is 0 Å². The second-order valence-corrected chi connectivity index (χ2v) is 9.59. The first-order chi connectivity index (χ1) is 13.9. The molecule has 0 aliphatic carbocycles. The van der Waals surface area contributed by atoms with Crippen molar-refractivity contribution in [3.8, 4) is 0 Å². The van der Waals surface area contributed by atoms with E-state index in [1.54, 1.807) is 11.8 Å². The Bertz CT molecular complexity index is 787. The van der Waals surface area contributed by atoms with Gasteiger partial charge in [0.1, 0.15) is 12.1 Å². The number of nitrogens with zero attached hydrogens (tertiary/aromatic N) is 2. The average molecular weight is 416 g/mol. The zero-order chi connectivity index (χ0) is 22.9. The number of hydrogen-bond donors (Lipinski definition) is 1. The molecule has 0 radical (unpaired) electrons. The van der Waals surface area contributed by atoms with Crippen LogP contribution in [0.2, 0.25) is 0 Å². The molecule has 0 bridgehead atoms. The van der Waals surface area contributed by atoms with Crippen LogP contribution < -0.4 is 5.32 Å². The number of rotatable bonds is 7. The number of urea groups is 1. The van der Waals surface area contributed by atoms with E-state index < -0.39 is 17.5 Å². The molecule has 1 aromatic rings. The maximum atomic E-state index is 13.2. The molecule has 6 nitrogen and oxygen atoms in total. The van der Waals surface area contributed by atoms with Crippen LogP contribution in [0.1, 0.15) is 79.4 Å². The molecule has 1 heterocycles. The molecule has 1 aliphatic rings. The molecule has 1 N–H and O–H groups in total. The summed E-state index contributed by atoms with van der Waals surface area (Å²) in [6, 6.07) is 7.31. The fourth-order valence-corrected chi connectivity index (χ4v) is 3.88. The number of carbonyl (C=O) groups is 3. The van der Waals surface area contributed by atoms with Gasteiger partial charge in [-0.1, -0.05) is 58.9 Å². The Kier molecular flexibility index (Phi) is 7.00. The van der Waals surface area contributed by atoms with Gasteiger partial charge in [-0.15, -0.1) is 0 Å². The van der Waals surface area contributed by atoms with Crippen LogP contribution in [0, 0.1) is 0 Å². The highest BCUT2D eigenvalue weighted by molar-refractivity contribution is 6.09. The smallest absolute Gasteiger partial charge is 0.325 e. The molecule has 1 aromatic carbocycles. The zero-order valence-electron chi connectivity index (χ0n) is 19.7. The molecular formula is C24H37N3O3. The average Bonchev–Trinajstić information content (AvgIpc) is 2.91. The van der Waals surface area contributed by atoms with Crippen molar-refractivity contribution in [2.45, 2.75) is 91.3 Å². The highest BCUT2D eigenvalue weighted by atomic mass is 16.2. The predicted molar refractivity (Wildman–Crippen MR) is 119 cm³/mol. The quantitative estimate of drug-likeness (QED) is 0.679. The zero-order valence-corrected chi connectivity index (χ0v) is 19.7. The first-order valence-corrected chi connectivity index (χ1v) is 10.9. The first-order valence-electron chi connectivity index (χ1n) is 10.9. The number of nitrogens with one attached hydrogen (secondary N) is 1. The van der Waals surface area contributed by atoms with Crippen LogP contribution in [0.5, 0.6) is 0 Å². The number of carbonyl (C=O) groups excluding carboxylic acids is 3. The Morgan fingerprint density at radius 1 is 1.07 bits per heavy atom. The molecule has 1 saturated heterocycles. The van der Waals surface area contributed by atoms with E-state index in [4.69, 9.17) is 0 Å². The van der Waals surface area contributed by atoms with Crippen molar-refractivity contribution in [1.29, 1.82) is 0 Å². The van der Waals surface area contributed by atoms with E-state index in [-0.39, 0.29) is 30.0 Å². The molecule has 0 saturated carbocycles. The van der Waals surface area contributed by atoms with Crippen molar-refractivity contribution < 1.29 is 14.4 Å². The van der Waals surface area contributed by atoms with E-state index in [0.29, 0.717) is 5.56 Å². The molecule has 166 valence electrons. The van der Waals surface area contributed by atoms with Crippen molar-refractivity contribution >= 4 is 17.8 Å². The fourth-order valence-electron chi connectivity index (χ4n) is 3.88. The number of benzene rings is 1. The summed E-state index contributed by atoms with van der Waals surface area (Å²) in [7, 11) is 0. The molecule has 1 fully saturated rings. The molecule has 1 aliphatic heterocycles. The van der Waals surface area contributed by atoms with Crippen LogP contribution in [0.15, 0.2) is 24.3 Å². The Labute approximate surface area is 181 Å². The summed E-state index contributed by atoms with van der Waals surface area (Å²) in [6.07, 6.45) is 1.63. The molecule has 0 unspecified atom stereocenters. The van der Waals surface area contributed by atoms with Gasteiger partial charge in [0.25, 0.3) is 5.91 Å². The number of hydrogen-bond acceptors (Lipinski definition) is 3. The molecule has 30 heavy (non-hydrogen) atoms. The van der Waals surface area contributed by atoms with Gasteiger partial charge in [0.05, 0.1) is 0 Å². The lowest BCUT2D eigenvalue weighted by Gasteiger charge is -2.35. The van der Waals surface area contributed by atoms with Gasteiger partial charge in [-0.3, -0.25) is 14.5 Å². The van der Waals surface area contributed by atoms with E-state index in [2.05, 4.69) is 26.1 Å². The van der Waals surface area contributed by atoms with Crippen LogP contribution in [-0.2, 0) is 20.5 Å². The third-order valence-electron chi connectivity index (χ3n) is 6.32. The highest BCUT2D eigenvalue weighted by Gasteiger charge is 2.50. The molecule has 0 spiro atoms. The Morgan fingerprint density at radius 3 is 2.00 bits per heavy atom. The normalized spacial score (nSPS) is 21.4. The van der Waals surface area contributed by atoms with Crippen molar-refractivity contribution in [2.75, 3.05) is 6.54 Å². The van der Waals surface area contributed by atoms with Crippen LogP contribution in [-0.4, -0.2) is 46.3 Å². The molecule has 0 aromatic heterocycles. The summed E-state index contributed by atoms with van der Waals surface area (Å²) in [5.41, 5.74) is 0.683. The predicted octanol–water partition coefficient (Wildman–Crippen LogP) is 4.18. The lowest BCUT2D eigenvalue weighted by Crippen LogP contribution is -2.50. The number of amides is 4. The van der Waals surface area contributed by atoms with Crippen molar-refractivity contribution in [3.05, 3.63) is 35.4 Å². The maximum Gasteiger partial charge on any atom is 0.325 e. The van der Waals surface area contributed by atoms with Gasteiger partial charge in [0.2, 0.25) is 5.91 Å². The molecule has 4 amide bonds. The summed E-state index contributed by atoms with van der Waals surface area (Å²) in [5, 5.41) is 2.80. The summed E-state index contributed by atoms with van der Waals surface area (Å²) >= 11 is 0. The second-order valence-electron chi connectivity index (χ2n) is 9.59. The molecular weight excluding hydrogens is 378 g/mol. The van der Waals surface area contributed by atoms with Crippen molar-refractivity contribution in [2.24, 2.45) is 0 Å². The molecule has 3 atom stereocenters. The van der Waals surface area contributed by atoms with E-state index in [1.807, 2.05) is 52.0 Å². The molecule has 6 heteroatoms. The summed E-state index contributed by atoms with van der Waals surface area (Å²) < 4.78 is 0. The van der Waals surface area contributed by atoms with Crippen molar-refractivity contribution in [1.82, 2.24) is 15.1 Å². The minimum absolute atomic E-state index is 0.00375. The summed E-state index contributed by atoms with van der Waals surface area (Å²) in [4.78, 5) is 41.8. The minimum Gasteiger partial charge on any atom is -0.336 e. The van der Waals surface area contributed by atoms with Gasteiger partial charge in [0.15, 0.2) is 0 Å². The van der Waals surface area contributed by atoms with Gasteiger partial charge in [-0.25, -0.2) is 4.79 Å². The lowest BCUT2D eigenvalue weighted by molar-refractivity contribution is -0.141. The SMILES string of the molecule is CC[C@@H](C)N(C(=O)CN1C(=O)N[C@](C)(c2ccc(C(C)(C)C)cc2)C1=O)[C@@H](C)CC. The third-order valence-corrected chi connectivity index (χ3v) is 6.32. The van der Waals surface area contributed by atoms with E-state index >= 15 is 0 Å². The minimum atomic E-state index is -1.18. The topological polar surface area (TPSA) is 69.7 Å². The Balaban J connectivity index is 2.26. The summed E-state index contributed by atoms with van der Waals surface area (Å²) in [6.45, 7) is 15.9. The van der Waals surface area contributed by atoms with Gasteiger partial charge in [-0.05, 0) is 50.2 Å². The largest absolute Gasteiger partial charge is 0.336 e. The summed E-state index contributed by atoms with van der Waals surface area (Å²) in [5.74, 6) is -0.591. The van der Waals surface area contributed by atoms with Gasteiger partial charge in [0, 0.05) is 12.1 Å². The number of imide groups is 1. The Hall–Kier alpha value is -2.37. The van der Waals surface area contributed by atoms with Crippen LogP contribution >= 0.6 is 0 Å². The van der Waals surface area contributed by atoms with E-state index in [0.717, 1.165) is 23.3 Å². The van der Waals surface area contributed by atoms with Crippen LogP contribution in [0.25, 0.3) is 0 Å². The fraction of sp³-hybridized carbons (Fsp3) is 0.625.